The standard InChI is InChI=1S/C13H14O5/c1-9(13(16)17-2)18-11-6-3-10(4-7-11)5-8-12(14)15/h3-9H,1-2H3,(H,14,15)/b8-5+. The van der Waals surface area contributed by atoms with Crippen molar-refractivity contribution >= 4 is 18.0 Å². The normalized spacial score (nSPS) is 12.1. The fourth-order valence-corrected chi connectivity index (χ4v) is 1.24. The molecule has 0 fully saturated rings. The van der Waals surface area contributed by atoms with Crippen LogP contribution in [-0.2, 0) is 14.3 Å². The van der Waals surface area contributed by atoms with Gasteiger partial charge in [0.25, 0.3) is 0 Å². The summed E-state index contributed by atoms with van der Waals surface area (Å²) in [6.45, 7) is 1.59. The van der Waals surface area contributed by atoms with Crippen molar-refractivity contribution < 1.29 is 24.2 Å². The Morgan fingerprint density at radius 3 is 2.39 bits per heavy atom. The van der Waals surface area contributed by atoms with Gasteiger partial charge in [-0.25, -0.2) is 9.59 Å². The van der Waals surface area contributed by atoms with E-state index in [2.05, 4.69) is 4.74 Å². The van der Waals surface area contributed by atoms with Crippen LogP contribution in [0.3, 0.4) is 0 Å². The topological polar surface area (TPSA) is 72.8 Å². The van der Waals surface area contributed by atoms with Crippen LogP contribution in [0.5, 0.6) is 5.75 Å². The second-order valence-electron chi connectivity index (χ2n) is 3.52. The molecule has 0 spiro atoms. The predicted octanol–water partition coefficient (Wildman–Crippen LogP) is 1.72. The highest BCUT2D eigenvalue weighted by Crippen LogP contribution is 2.15. The molecule has 18 heavy (non-hydrogen) atoms. The van der Waals surface area contributed by atoms with Crippen LogP contribution in [0.25, 0.3) is 6.08 Å². The van der Waals surface area contributed by atoms with Crippen LogP contribution in [0.1, 0.15) is 12.5 Å². The predicted molar refractivity (Wildman–Crippen MR) is 65.2 cm³/mol. The summed E-state index contributed by atoms with van der Waals surface area (Å²) in [5.74, 6) is -0.945. The Morgan fingerprint density at radius 1 is 1.28 bits per heavy atom. The maximum absolute atomic E-state index is 11.1. The molecular formula is C13H14O5. The van der Waals surface area contributed by atoms with Gasteiger partial charge in [-0.3, -0.25) is 0 Å². The molecule has 0 radical (unpaired) electrons. The molecule has 0 amide bonds. The average Bonchev–Trinajstić information content (AvgIpc) is 2.36. The Kier molecular flexibility index (Phi) is 4.92. The zero-order valence-corrected chi connectivity index (χ0v) is 10.1. The summed E-state index contributed by atoms with van der Waals surface area (Å²) in [4.78, 5) is 21.5. The molecule has 0 aromatic heterocycles. The molecule has 1 aromatic carbocycles. The molecular weight excluding hydrogens is 236 g/mol. The summed E-state index contributed by atoms with van der Waals surface area (Å²) in [6.07, 6.45) is 1.83. The number of carboxylic acids is 1. The molecule has 0 saturated carbocycles. The lowest BCUT2D eigenvalue weighted by Crippen LogP contribution is -2.24. The smallest absolute Gasteiger partial charge is 0.346 e. The summed E-state index contributed by atoms with van der Waals surface area (Å²) < 4.78 is 9.87. The third kappa shape index (κ3) is 4.29. The van der Waals surface area contributed by atoms with E-state index in [-0.39, 0.29) is 0 Å². The van der Waals surface area contributed by atoms with Crippen molar-refractivity contribution in [2.75, 3.05) is 7.11 Å². The van der Waals surface area contributed by atoms with Crippen molar-refractivity contribution in [2.24, 2.45) is 0 Å². The summed E-state index contributed by atoms with van der Waals surface area (Å²) in [7, 11) is 1.29. The first kappa shape index (κ1) is 13.8. The van der Waals surface area contributed by atoms with Gasteiger partial charge in [-0.1, -0.05) is 12.1 Å². The molecule has 1 unspecified atom stereocenters. The number of carbonyl (C=O) groups excluding carboxylic acids is 1. The largest absolute Gasteiger partial charge is 0.479 e. The molecule has 96 valence electrons. The van der Waals surface area contributed by atoms with Crippen molar-refractivity contribution in [3.8, 4) is 5.75 Å². The van der Waals surface area contributed by atoms with E-state index in [9.17, 15) is 9.59 Å². The van der Waals surface area contributed by atoms with Crippen LogP contribution in [0, 0.1) is 0 Å². The number of carbonyl (C=O) groups is 2. The summed E-state index contributed by atoms with van der Waals surface area (Å²) >= 11 is 0. The highest BCUT2D eigenvalue weighted by molar-refractivity contribution is 5.85. The highest BCUT2D eigenvalue weighted by atomic mass is 16.6. The number of carboxylic acid groups (broad SMARTS) is 1. The van der Waals surface area contributed by atoms with Gasteiger partial charge in [0, 0.05) is 6.08 Å². The monoisotopic (exact) mass is 250 g/mol. The molecule has 0 saturated heterocycles. The minimum absolute atomic E-state index is 0.454. The maximum atomic E-state index is 11.1. The van der Waals surface area contributed by atoms with Crippen LogP contribution in [0.2, 0.25) is 0 Å². The van der Waals surface area contributed by atoms with Gasteiger partial charge in [-0.05, 0) is 30.7 Å². The van der Waals surface area contributed by atoms with Crippen molar-refractivity contribution in [3.05, 3.63) is 35.9 Å². The highest BCUT2D eigenvalue weighted by Gasteiger charge is 2.14. The molecule has 5 heteroatoms. The van der Waals surface area contributed by atoms with Crippen LogP contribution in [0.4, 0.5) is 0 Å². The molecule has 1 atom stereocenters. The second-order valence-corrected chi connectivity index (χ2v) is 3.52. The van der Waals surface area contributed by atoms with Crippen LogP contribution < -0.4 is 4.74 Å². The molecule has 0 bridgehead atoms. The number of methoxy groups -OCH3 is 1. The second kappa shape index (κ2) is 6.44. The fourth-order valence-electron chi connectivity index (χ4n) is 1.24. The quantitative estimate of drug-likeness (QED) is 0.636. The van der Waals surface area contributed by atoms with E-state index in [4.69, 9.17) is 9.84 Å². The average molecular weight is 250 g/mol. The van der Waals surface area contributed by atoms with Crippen molar-refractivity contribution in [2.45, 2.75) is 13.0 Å². The third-order valence-electron chi connectivity index (χ3n) is 2.14. The number of hydrogen-bond acceptors (Lipinski definition) is 4. The SMILES string of the molecule is COC(=O)C(C)Oc1ccc(/C=C/C(=O)O)cc1. The van der Waals surface area contributed by atoms with Crippen LogP contribution >= 0.6 is 0 Å². The minimum Gasteiger partial charge on any atom is -0.479 e. The molecule has 5 nitrogen and oxygen atoms in total. The van der Waals surface area contributed by atoms with E-state index in [1.54, 1.807) is 31.2 Å². The molecule has 0 heterocycles. The first-order valence-electron chi connectivity index (χ1n) is 5.28. The van der Waals surface area contributed by atoms with E-state index < -0.39 is 18.0 Å². The van der Waals surface area contributed by atoms with E-state index >= 15 is 0 Å². The van der Waals surface area contributed by atoms with Crippen molar-refractivity contribution in [3.63, 3.8) is 0 Å². The molecule has 0 aliphatic carbocycles. The Balaban J connectivity index is 2.66. The number of hydrogen-bond donors (Lipinski definition) is 1. The number of rotatable bonds is 5. The lowest BCUT2D eigenvalue weighted by atomic mass is 10.2. The number of aliphatic carboxylic acids is 1. The van der Waals surface area contributed by atoms with Gasteiger partial charge in [-0.15, -0.1) is 0 Å². The fraction of sp³-hybridized carbons (Fsp3) is 0.231. The third-order valence-corrected chi connectivity index (χ3v) is 2.14. The molecule has 1 N–H and O–H groups in total. The van der Waals surface area contributed by atoms with Crippen LogP contribution in [0.15, 0.2) is 30.3 Å². The van der Waals surface area contributed by atoms with E-state index in [1.807, 2.05) is 0 Å². The van der Waals surface area contributed by atoms with E-state index in [0.29, 0.717) is 5.75 Å². The van der Waals surface area contributed by atoms with Gasteiger partial charge in [0.15, 0.2) is 6.10 Å². The Bertz CT molecular complexity index is 447. The zero-order chi connectivity index (χ0) is 13.5. The first-order chi connectivity index (χ1) is 8.52. The van der Waals surface area contributed by atoms with Gasteiger partial charge >= 0.3 is 11.9 Å². The van der Waals surface area contributed by atoms with Gasteiger partial charge in [0.2, 0.25) is 0 Å². The minimum atomic E-state index is -1.00. The van der Waals surface area contributed by atoms with Gasteiger partial charge < -0.3 is 14.6 Å². The van der Waals surface area contributed by atoms with E-state index in [0.717, 1.165) is 11.6 Å². The number of esters is 1. The van der Waals surface area contributed by atoms with Crippen LogP contribution in [-0.4, -0.2) is 30.3 Å². The van der Waals surface area contributed by atoms with Crippen molar-refractivity contribution in [1.82, 2.24) is 0 Å². The lowest BCUT2D eigenvalue weighted by Gasteiger charge is -2.12. The molecule has 1 aromatic rings. The lowest BCUT2D eigenvalue weighted by molar-refractivity contribution is -0.147. The first-order valence-corrected chi connectivity index (χ1v) is 5.28. The Morgan fingerprint density at radius 2 is 1.89 bits per heavy atom. The molecule has 0 aliphatic heterocycles. The number of benzene rings is 1. The number of ether oxygens (including phenoxy) is 2. The van der Waals surface area contributed by atoms with Crippen molar-refractivity contribution in [1.29, 1.82) is 0 Å². The summed E-state index contributed by atoms with van der Waals surface area (Å²) in [5, 5.41) is 8.47. The Hall–Kier alpha value is -2.30. The van der Waals surface area contributed by atoms with E-state index in [1.165, 1.54) is 13.2 Å². The van der Waals surface area contributed by atoms with Gasteiger partial charge in [0.1, 0.15) is 5.75 Å². The summed E-state index contributed by atoms with van der Waals surface area (Å²) in [6, 6.07) is 6.69. The molecule has 0 aliphatic rings. The van der Waals surface area contributed by atoms with Gasteiger partial charge in [-0.2, -0.15) is 0 Å². The Labute approximate surface area is 105 Å². The summed E-state index contributed by atoms with van der Waals surface area (Å²) in [5.41, 5.74) is 0.732. The van der Waals surface area contributed by atoms with Gasteiger partial charge in [0.05, 0.1) is 7.11 Å². The maximum Gasteiger partial charge on any atom is 0.346 e. The zero-order valence-electron chi connectivity index (χ0n) is 10.1. The molecule has 1 rings (SSSR count).